The summed E-state index contributed by atoms with van der Waals surface area (Å²) in [5.41, 5.74) is -1.41. The predicted octanol–water partition coefficient (Wildman–Crippen LogP) is 6.21. The third-order valence-corrected chi connectivity index (χ3v) is 14.1. The first-order valence-corrected chi connectivity index (χ1v) is 20.9. The molecule has 3 heterocycles. The number of carbonyl (C=O) groups is 4. The molecule has 4 aliphatic rings. The molecule has 1 aromatic carbocycles. The number of ether oxygens (including phenoxy) is 3. The summed E-state index contributed by atoms with van der Waals surface area (Å²) in [6.45, 7) is 5.13. The normalized spacial score (nSPS) is 29.6. The van der Waals surface area contributed by atoms with Gasteiger partial charge in [0.25, 0.3) is 0 Å². The Labute approximate surface area is 329 Å². The summed E-state index contributed by atoms with van der Waals surface area (Å²) in [7, 11) is -4.05. The van der Waals surface area contributed by atoms with Crippen molar-refractivity contribution in [3.05, 3.63) is 42.4 Å². The van der Waals surface area contributed by atoms with Crippen LogP contribution in [0.15, 0.2) is 36.5 Å². The zero-order valence-electron chi connectivity index (χ0n) is 32.4. The molecule has 6 rings (SSSR count). The summed E-state index contributed by atoms with van der Waals surface area (Å²) in [4.78, 5) is 61.5. The number of allylic oxidation sites excluding steroid dienone is 2. The van der Waals surface area contributed by atoms with Crippen LogP contribution in [0, 0.1) is 34.9 Å². The van der Waals surface area contributed by atoms with E-state index in [1.54, 1.807) is 26.8 Å². The summed E-state index contributed by atoms with van der Waals surface area (Å²) in [5.74, 6) is -6.04. The second-order valence-corrected chi connectivity index (χ2v) is 18.6. The van der Waals surface area contributed by atoms with E-state index in [4.69, 9.17) is 9.47 Å². The second-order valence-electron chi connectivity index (χ2n) is 16.4. The molecule has 2 aliphatic heterocycles. The lowest BCUT2D eigenvalue weighted by molar-refractivity contribution is -0.187. The van der Waals surface area contributed by atoms with E-state index in [0.29, 0.717) is 42.9 Å². The largest absolute Gasteiger partial charge is 0.491 e. The number of hydrogen-bond donors (Lipinski definition) is 1. The van der Waals surface area contributed by atoms with E-state index in [-0.39, 0.29) is 43.5 Å². The number of nitrogens with one attached hydrogen (secondary N) is 1. The maximum atomic E-state index is 15.0. The molecule has 1 N–H and O–H groups in total. The minimum Gasteiger partial charge on any atom is -0.491 e. The highest BCUT2D eigenvalue weighted by Gasteiger charge is 2.62. The first-order chi connectivity index (χ1) is 26.8. The van der Waals surface area contributed by atoms with Gasteiger partial charge < -0.3 is 19.1 Å². The van der Waals surface area contributed by atoms with Gasteiger partial charge in [-0.15, -0.1) is 0 Å². The van der Waals surface area contributed by atoms with E-state index >= 15 is 4.39 Å². The third-order valence-electron chi connectivity index (χ3n) is 11.9. The number of nitrogens with zero attached hydrogens (tertiary/aromatic N) is 2. The van der Waals surface area contributed by atoms with Gasteiger partial charge >= 0.3 is 12.1 Å². The zero-order valence-corrected chi connectivity index (χ0v) is 33.2. The van der Waals surface area contributed by atoms with Gasteiger partial charge in [0.15, 0.2) is 24.0 Å². The molecule has 12 nitrogen and oxygen atoms in total. The van der Waals surface area contributed by atoms with Crippen molar-refractivity contribution in [3.63, 3.8) is 0 Å². The lowest BCUT2D eigenvalue weighted by Crippen LogP contribution is -2.48. The molecule has 7 atom stereocenters. The maximum absolute atomic E-state index is 15.0. The summed E-state index contributed by atoms with van der Waals surface area (Å²) in [6, 6.07) is 3.11. The number of alkyl halides is 3. The highest BCUT2D eigenvalue weighted by Crippen LogP contribution is 2.57. The van der Waals surface area contributed by atoms with Gasteiger partial charge in [-0.05, 0) is 93.7 Å². The third kappa shape index (κ3) is 9.38. The van der Waals surface area contributed by atoms with E-state index in [0.717, 1.165) is 0 Å². The Morgan fingerprint density at radius 1 is 1.12 bits per heavy atom. The van der Waals surface area contributed by atoms with Crippen LogP contribution in [0.4, 0.5) is 17.6 Å². The smallest absolute Gasteiger partial charge is 0.422 e. The molecule has 2 aliphatic carbocycles. The lowest BCUT2D eigenvalue weighted by atomic mass is 9.82. The van der Waals surface area contributed by atoms with Gasteiger partial charge in [-0.3, -0.25) is 23.9 Å². The molecule has 2 aromatic rings. The van der Waals surface area contributed by atoms with Crippen molar-refractivity contribution in [2.24, 2.45) is 29.1 Å². The first-order valence-electron chi connectivity index (χ1n) is 19.4. The minimum atomic E-state index is -4.78. The van der Waals surface area contributed by atoms with Crippen molar-refractivity contribution in [3.8, 4) is 11.6 Å². The van der Waals surface area contributed by atoms with Crippen LogP contribution < -0.4 is 14.2 Å². The number of benzene rings is 1. The van der Waals surface area contributed by atoms with Crippen LogP contribution in [0.1, 0.15) is 85.5 Å². The number of sulfonamides is 1. The molecule has 57 heavy (non-hydrogen) atoms. The average molecular weight is 824 g/mol. The van der Waals surface area contributed by atoms with E-state index in [2.05, 4.69) is 14.4 Å². The van der Waals surface area contributed by atoms with Crippen LogP contribution >= 0.6 is 0 Å². The van der Waals surface area contributed by atoms with Gasteiger partial charge in [-0.1, -0.05) is 26.0 Å². The monoisotopic (exact) mass is 823 g/mol. The van der Waals surface area contributed by atoms with Crippen molar-refractivity contribution in [2.75, 3.05) is 19.8 Å². The molecule has 3 fully saturated rings. The van der Waals surface area contributed by atoms with Gasteiger partial charge in [0, 0.05) is 24.4 Å². The van der Waals surface area contributed by atoms with Crippen LogP contribution in [0.2, 0.25) is 0 Å². The van der Waals surface area contributed by atoms with Gasteiger partial charge in [0.2, 0.25) is 27.7 Å². The molecule has 17 heteroatoms. The van der Waals surface area contributed by atoms with Gasteiger partial charge in [0.1, 0.15) is 6.10 Å². The Hall–Kier alpha value is -4.28. The van der Waals surface area contributed by atoms with Gasteiger partial charge in [-0.2, -0.15) is 13.2 Å². The first kappa shape index (κ1) is 42.3. The molecule has 312 valence electrons. The molecule has 1 aromatic heterocycles. The second kappa shape index (κ2) is 16.2. The number of ketones is 1. The minimum absolute atomic E-state index is 0.00104. The van der Waals surface area contributed by atoms with E-state index < -0.39 is 105 Å². The highest BCUT2D eigenvalue weighted by molar-refractivity contribution is 7.91. The number of hydrogen-bond acceptors (Lipinski definition) is 10. The van der Waals surface area contributed by atoms with Crippen LogP contribution in [0.5, 0.6) is 11.6 Å². The fourth-order valence-electron chi connectivity index (χ4n) is 8.15. The number of aromatic nitrogens is 1. The SMILES string of the molecule is CCOc1cc2ccnc(O[C@@H]3C[C@H]4C(=O)C[C@]5(C(=O)NS(=O)(=O)C6(C)CC6)C[C@H]5/C=C\CC[C@H](C)C[C@@H](C)[C@H](CC(=O)OCC(F)(F)F)C(=O)N4C3)c2cc1F. The highest BCUT2D eigenvalue weighted by atomic mass is 32.2. The Morgan fingerprint density at radius 2 is 1.86 bits per heavy atom. The fourth-order valence-corrected chi connectivity index (χ4v) is 9.48. The molecule has 0 bridgehead atoms. The Kier molecular flexibility index (Phi) is 12.0. The number of esters is 1. The van der Waals surface area contributed by atoms with Crippen LogP contribution in [-0.2, 0) is 33.9 Å². The number of carbonyl (C=O) groups excluding carboxylic acids is 4. The number of amides is 2. The summed E-state index contributed by atoms with van der Waals surface area (Å²) < 4.78 is 97.7. The van der Waals surface area contributed by atoms with Gasteiger partial charge in [-0.25, -0.2) is 17.8 Å². The van der Waals surface area contributed by atoms with Crippen molar-refractivity contribution in [1.29, 1.82) is 0 Å². The molecule has 0 radical (unpaired) electrons. The average Bonchev–Trinajstić information content (AvgIpc) is 4.01. The van der Waals surface area contributed by atoms with Crippen LogP contribution in [0.3, 0.4) is 0 Å². The quantitative estimate of drug-likeness (QED) is 0.166. The summed E-state index contributed by atoms with van der Waals surface area (Å²) in [6.07, 6.45) is 0.896. The summed E-state index contributed by atoms with van der Waals surface area (Å²) in [5, 5.41) is 0.836. The molecule has 1 saturated heterocycles. The molecule has 2 saturated carbocycles. The number of Topliss-reactive ketones (excluding diaryl/α,β-unsaturated/α-hetero) is 1. The van der Waals surface area contributed by atoms with E-state index in [9.17, 15) is 40.8 Å². The van der Waals surface area contributed by atoms with Gasteiger partial charge in [0.05, 0.1) is 41.7 Å². The van der Waals surface area contributed by atoms with Crippen molar-refractivity contribution in [1.82, 2.24) is 14.6 Å². The van der Waals surface area contributed by atoms with Crippen molar-refractivity contribution >= 4 is 44.4 Å². The molecule has 0 unspecified atom stereocenters. The Bertz CT molecular complexity index is 2040. The lowest BCUT2D eigenvalue weighted by Gasteiger charge is -2.32. The van der Waals surface area contributed by atoms with E-state index in [1.807, 2.05) is 19.1 Å². The molecule has 2 amide bonds. The maximum Gasteiger partial charge on any atom is 0.422 e. The standard InChI is InChI=1S/C40H49F4N3O9S/c1-5-54-33-15-25-10-13-45-35(29(25)17-30(33)41)56-27-16-31-32(48)20-39(37(51)46-57(52,53)38(4)11-12-38)19-26(39)9-7-6-8-23(2)14-24(3)28(36(50)47(31)21-27)18-34(49)55-22-40(42,43)44/h7,9-10,13,15,17,23-24,26-28,31H,5-6,8,11-12,14,16,18-22H2,1-4H3,(H,46,51)/b9-7-/t23-,24+,26+,27+,28-,31-,39+/m0/s1. The Balaban J connectivity index is 1.34. The molecular weight excluding hydrogens is 775 g/mol. The topological polar surface area (TPSA) is 158 Å². The Morgan fingerprint density at radius 3 is 2.54 bits per heavy atom. The van der Waals surface area contributed by atoms with Crippen molar-refractivity contribution in [2.45, 2.75) is 109 Å². The summed E-state index contributed by atoms with van der Waals surface area (Å²) >= 11 is 0. The fraction of sp³-hybridized carbons (Fsp3) is 0.625. The van der Waals surface area contributed by atoms with Crippen LogP contribution in [0.25, 0.3) is 10.8 Å². The van der Waals surface area contributed by atoms with Crippen LogP contribution in [-0.4, -0.2) is 84.7 Å². The number of halogens is 4. The van der Waals surface area contributed by atoms with Crippen molar-refractivity contribution < 1.29 is 59.4 Å². The predicted molar refractivity (Wildman–Crippen MR) is 199 cm³/mol. The number of pyridine rings is 1. The zero-order chi connectivity index (χ0) is 41.5. The number of rotatable bonds is 10. The molecular formula is C40H49F4N3O9S. The number of fused-ring (bicyclic) bond motifs is 3. The molecule has 0 spiro atoms. The van der Waals surface area contributed by atoms with E-state index in [1.165, 1.54) is 23.2 Å².